The molecule has 0 aliphatic heterocycles. The highest BCUT2D eigenvalue weighted by molar-refractivity contribution is 7.92. The molecule has 32 heavy (non-hydrogen) atoms. The molecule has 0 aromatic heterocycles. The van der Waals surface area contributed by atoms with Gasteiger partial charge in [0, 0.05) is 19.2 Å². The molecule has 0 aliphatic carbocycles. The number of hydrogen-bond acceptors (Lipinski definition) is 5. The van der Waals surface area contributed by atoms with Gasteiger partial charge in [0.1, 0.15) is 18.3 Å². The van der Waals surface area contributed by atoms with Crippen LogP contribution in [0.2, 0.25) is 0 Å². The fourth-order valence-electron chi connectivity index (χ4n) is 3.17. The van der Waals surface area contributed by atoms with Crippen molar-refractivity contribution in [3.63, 3.8) is 0 Å². The predicted octanol–water partition coefficient (Wildman–Crippen LogP) is 2.32. The van der Waals surface area contributed by atoms with E-state index < -0.39 is 28.5 Å². The van der Waals surface area contributed by atoms with E-state index in [9.17, 15) is 18.0 Å². The fraction of sp³-hybridized carbons (Fsp3) is 0.391. The molecule has 0 radical (unpaired) electrons. The highest BCUT2D eigenvalue weighted by Crippen LogP contribution is 2.23. The number of carbonyl (C=O) groups is 2. The van der Waals surface area contributed by atoms with Crippen LogP contribution in [0.1, 0.15) is 25.0 Å². The Morgan fingerprint density at radius 1 is 1.12 bits per heavy atom. The maximum Gasteiger partial charge on any atom is 0.244 e. The Morgan fingerprint density at radius 3 is 2.34 bits per heavy atom. The van der Waals surface area contributed by atoms with Crippen molar-refractivity contribution in [1.82, 2.24) is 10.2 Å². The summed E-state index contributed by atoms with van der Waals surface area (Å²) in [5, 5.41) is 2.72. The van der Waals surface area contributed by atoms with Crippen LogP contribution in [0.5, 0.6) is 5.75 Å². The van der Waals surface area contributed by atoms with Gasteiger partial charge in [-0.1, -0.05) is 35.9 Å². The van der Waals surface area contributed by atoms with Crippen LogP contribution in [-0.4, -0.2) is 57.6 Å². The Labute approximate surface area is 190 Å². The third-order valence-electron chi connectivity index (χ3n) is 5.01. The van der Waals surface area contributed by atoms with Crippen LogP contribution in [0.4, 0.5) is 5.69 Å². The first kappa shape index (κ1) is 25.2. The summed E-state index contributed by atoms with van der Waals surface area (Å²) in [6, 6.07) is 13.3. The van der Waals surface area contributed by atoms with E-state index in [1.165, 1.54) is 12.0 Å². The minimum Gasteiger partial charge on any atom is -0.497 e. The van der Waals surface area contributed by atoms with Crippen molar-refractivity contribution < 1.29 is 22.7 Å². The number of aryl methyl sites for hydroxylation is 1. The molecule has 8 nitrogen and oxygen atoms in total. The third kappa shape index (κ3) is 6.71. The number of hydrogen-bond donors (Lipinski definition) is 1. The van der Waals surface area contributed by atoms with E-state index in [0.29, 0.717) is 18.0 Å². The van der Waals surface area contributed by atoms with Crippen molar-refractivity contribution >= 4 is 27.5 Å². The molecule has 2 aromatic rings. The quantitative estimate of drug-likeness (QED) is 0.586. The Kier molecular flexibility index (Phi) is 8.65. The molecule has 0 aliphatic rings. The second-order valence-corrected chi connectivity index (χ2v) is 9.46. The van der Waals surface area contributed by atoms with Crippen molar-refractivity contribution in [2.75, 3.05) is 30.8 Å². The first-order chi connectivity index (χ1) is 15.1. The van der Waals surface area contributed by atoms with E-state index in [0.717, 1.165) is 21.7 Å². The van der Waals surface area contributed by atoms with Crippen LogP contribution in [0.25, 0.3) is 0 Å². The van der Waals surface area contributed by atoms with E-state index in [-0.39, 0.29) is 12.5 Å². The second kappa shape index (κ2) is 11.0. The molecule has 0 bridgehead atoms. The van der Waals surface area contributed by atoms with Crippen molar-refractivity contribution in [2.24, 2.45) is 0 Å². The molecular formula is C23H31N3O5S. The largest absolute Gasteiger partial charge is 0.497 e. The van der Waals surface area contributed by atoms with Crippen LogP contribution in [0.3, 0.4) is 0 Å². The summed E-state index contributed by atoms with van der Waals surface area (Å²) >= 11 is 0. The number of nitrogens with one attached hydrogen (secondary N) is 1. The van der Waals surface area contributed by atoms with Crippen molar-refractivity contribution in [3.8, 4) is 5.75 Å². The summed E-state index contributed by atoms with van der Waals surface area (Å²) in [6.45, 7) is 5.55. The third-order valence-corrected chi connectivity index (χ3v) is 6.15. The number of carbonyl (C=O) groups excluding carboxylic acids is 2. The standard InChI is InChI=1S/C23H31N3O5S/c1-6-24-23(28)18(3)25(15-19-12-10-17(2)11-13-19)22(27)16-26(32(5,29)30)20-8-7-9-21(14-20)31-4/h7-14,18H,6,15-16H2,1-5H3,(H,24,28). The molecule has 2 amide bonds. The van der Waals surface area contributed by atoms with Gasteiger partial charge in [-0.05, 0) is 38.5 Å². The van der Waals surface area contributed by atoms with Gasteiger partial charge in [-0.3, -0.25) is 13.9 Å². The summed E-state index contributed by atoms with van der Waals surface area (Å²) in [5.41, 5.74) is 2.22. The maximum atomic E-state index is 13.4. The van der Waals surface area contributed by atoms with Crippen molar-refractivity contribution in [3.05, 3.63) is 59.7 Å². The number of anilines is 1. The molecule has 9 heteroatoms. The Morgan fingerprint density at radius 2 is 1.78 bits per heavy atom. The Bertz CT molecular complexity index is 1040. The zero-order chi connectivity index (χ0) is 23.9. The van der Waals surface area contributed by atoms with E-state index in [4.69, 9.17) is 4.74 Å². The first-order valence-corrected chi connectivity index (χ1v) is 12.2. The van der Waals surface area contributed by atoms with Gasteiger partial charge in [0.15, 0.2) is 0 Å². The molecule has 0 spiro atoms. The zero-order valence-electron chi connectivity index (χ0n) is 19.2. The van der Waals surface area contributed by atoms with Crippen LogP contribution in [-0.2, 0) is 26.2 Å². The normalized spacial score (nSPS) is 12.0. The summed E-state index contributed by atoms with van der Waals surface area (Å²) in [7, 11) is -2.30. The van der Waals surface area contributed by atoms with Gasteiger partial charge in [-0.25, -0.2) is 8.42 Å². The average molecular weight is 462 g/mol. The minimum atomic E-state index is -3.78. The summed E-state index contributed by atoms with van der Waals surface area (Å²) < 4.78 is 31.3. The maximum absolute atomic E-state index is 13.4. The topological polar surface area (TPSA) is 96.0 Å². The summed E-state index contributed by atoms with van der Waals surface area (Å²) in [5.74, 6) is -0.325. The van der Waals surface area contributed by atoms with Crippen LogP contribution in [0.15, 0.2) is 48.5 Å². The van der Waals surface area contributed by atoms with Crippen molar-refractivity contribution in [2.45, 2.75) is 33.4 Å². The number of methoxy groups -OCH3 is 1. The first-order valence-electron chi connectivity index (χ1n) is 10.3. The highest BCUT2D eigenvalue weighted by atomic mass is 32.2. The van der Waals surface area contributed by atoms with Crippen LogP contribution >= 0.6 is 0 Å². The van der Waals surface area contributed by atoms with Gasteiger partial charge in [-0.15, -0.1) is 0 Å². The number of rotatable bonds is 10. The highest BCUT2D eigenvalue weighted by Gasteiger charge is 2.30. The van der Waals surface area contributed by atoms with E-state index in [1.54, 1.807) is 38.1 Å². The number of amides is 2. The van der Waals surface area contributed by atoms with Gasteiger partial charge in [-0.2, -0.15) is 0 Å². The molecule has 1 N–H and O–H groups in total. The van der Waals surface area contributed by atoms with Gasteiger partial charge in [0.05, 0.1) is 19.1 Å². The molecular weight excluding hydrogens is 430 g/mol. The molecule has 0 heterocycles. The number of sulfonamides is 1. The van der Waals surface area contributed by atoms with Crippen LogP contribution < -0.4 is 14.4 Å². The SMILES string of the molecule is CCNC(=O)C(C)N(Cc1ccc(C)cc1)C(=O)CN(c1cccc(OC)c1)S(C)(=O)=O. The minimum absolute atomic E-state index is 0.174. The number of likely N-dealkylation sites (N-methyl/N-ethyl adjacent to an activating group) is 1. The predicted molar refractivity (Wildman–Crippen MR) is 125 cm³/mol. The molecule has 0 saturated heterocycles. The molecule has 2 aromatic carbocycles. The van der Waals surface area contributed by atoms with Gasteiger partial charge in [0.25, 0.3) is 0 Å². The number of nitrogens with zero attached hydrogens (tertiary/aromatic N) is 2. The molecule has 174 valence electrons. The lowest BCUT2D eigenvalue weighted by atomic mass is 10.1. The molecule has 1 atom stereocenters. The summed E-state index contributed by atoms with van der Waals surface area (Å²) in [6.07, 6.45) is 1.04. The Hall–Kier alpha value is -3.07. The molecule has 0 fully saturated rings. The monoisotopic (exact) mass is 461 g/mol. The molecule has 0 saturated carbocycles. The summed E-state index contributed by atoms with van der Waals surface area (Å²) in [4.78, 5) is 27.3. The van der Waals surface area contributed by atoms with E-state index in [2.05, 4.69) is 5.32 Å². The lowest BCUT2D eigenvalue weighted by Gasteiger charge is -2.31. The Balaban J connectivity index is 2.38. The van der Waals surface area contributed by atoms with E-state index in [1.807, 2.05) is 31.2 Å². The van der Waals surface area contributed by atoms with Gasteiger partial charge < -0.3 is 15.0 Å². The van der Waals surface area contributed by atoms with Gasteiger partial charge in [0.2, 0.25) is 21.8 Å². The lowest BCUT2D eigenvalue weighted by molar-refractivity contribution is -0.139. The van der Waals surface area contributed by atoms with Crippen LogP contribution in [0, 0.1) is 6.92 Å². The number of ether oxygens (including phenoxy) is 1. The van der Waals surface area contributed by atoms with Gasteiger partial charge >= 0.3 is 0 Å². The second-order valence-electron chi connectivity index (χ2n) is 7.55. The fourth-order valence-corrected chi connectivity index (χ4v) is 4.02. The molecule has 1 unspecified atom stereocenters. The average Bonchev–Trinajstić information content (AvgIpc) is 2.75. The molecule has 2 rings (SSSR count). The van der Waals surface area contributed by atoms with E-state index >= 15 is 0 Å². The van der Waals surface area contributed by atoms with Crippen molar-refractivity contribution in [1.29, 1.82) is 0 Å². The number of benzene rings is 2. The smallest absolute Gasteiger partial charge is 0.244 e. The lowest BCUT2D eigenvalue weighted by Crippen LogP contribution is -2.51. The zero-order valence-corrected chi connectivity index (χ0v) is 20.0.